The summed E-state index contributed by atoms with van der Waals surface area (Å²) in [4.78, 5) is 11.0. The van der Waals surface area contributed by atoms with Gasteiger partial charge in [0.05, 0.1) is 5.75 Å². The van der Waals surface area contributed by atoms with Crippen molar-refractivity contribution < 1.29 is 4.79 Å². The second-order valence-electron chi connectivity index (χ2n) is 3.82. The molecule has 0 atom stereocenters. The summed E-state index contributed by atoms with van der Waals surface area (Å²) < 4.78 is 0. The first-order chi connectivity index (χ1) is 7.72. The van der Waals surface area contributed by atoms with Crippen LogP contribution in [0.5, 0.6) is 0 Å². The van der Waals surface area contributed by atoms with Crippen molar-refractivity contribution in [3.63, 3.8) is 0 Å². The molecule has 0 spiro atoms. The van der Waals surface area contributed by atoms with E-state index >= 15 is 0 Å². The molecule has 0 saturated carbocycles. The maximum atomic E-state index is 11.0. The summed E-state index contributed by atoms with van der Waals surface area (Å²) in [6, 6.07) is 8.60. The highest BCUT2D eigenvalue weighted by atomic mass is 32.2. The van der Waals surface area contributed by atoms with Crippen LogP contribution in [0.15, 0.2) is 24.3 Å². The Balaban J connectivity index is 2.14. The predicted octanol–water partition coefficient (Wildman–Crippen LogP) is 2.41. The van der Waals surface area contributed by atoms with Crippen LogP contribution in [0.2, 0.25) is 0 Å². The van der Waals surface area contributed by atoms with Gasteiger partial charge in [-0.05, 0) is 31.1 Å². The molecule has 16 heavy (non-hydrogen) atoms. The van der Waals surface area contributed by atoms with E-state index in [1.807, 2.05) is 0 Å². The Bertz CT molecular complexity index is 338. The van der Waals surface area contributed by atoms with Crippen molar-refractivity contribution in [3.8, 4) is 0 Å². The lowest BCUT2D eigenvalue weighted by molar-refractivity contribution is -0.118. The summed E-state index contributed by atoms with van der Waals surface area (Å²) in [5.41, 5.74) is 2.70. The molecule has 1 aromatic rings. The van der Waals surface area contributed by atoms with Crippen LogP contribution in [-0.4, -0.2) is 24.5 Å². The summed E-state index contributed by atoms with van der Waals surface area (Å²) >= 11 is 1.70. The highest BCUT2D eigenvalue weighted by molar-refractivity contribution is 7.99. The molecule has 3 heteroatoms. The number of benzene rings is 1. The zero-order valence-electron chi connectivity index (χ0n) is 9.95. The van der Waals surface area contributed by atoms with E-state index in [9.17, 15) is 4.79 Å². The highest BCUT2D eigenvalue weighted by Gasteiger charge is 1.98. The first-order valence-corrected chi connectivity index (χ1v) is 6.71. The third kappa shape index (κ3) is 5.21. The van der Waals surface area contributed by atoms with Gasteiger partial charge in [0.2, 0.25) is 5.91 Å². The molecular weight excluding hydrogens is 218 g/mol. The maximum absolute atomic E-state index is 11.0. The smallest absolute Gasteiger partial charge is 0.229 e. The fourth-order valence-corrected chi connectivity index (χ4v) is 2.31. The van der Waals surface area contributed by atoms with Gasteiger partial charge in [-0.2, -0.15) is 11.8 Å². The third-order valence-electron chi connectivity index (χ3n) is 2.35. The quantitative estimate of drug-likeness (QED) is 0.770. The van der Waals surface area contributed by atoms with Crippen molar-refractivity contribution in [2.24, 2.45) is 0 Å². The van der Waals surface area contributed by atoms with Crippen molar-refractivity contribution in [2.45, 2.75) is 19.8 Å². The molecule has 0 saturated heterocycles. The molecule has 0 aromatic heterocycles. The average molecular weight is 237 g/mol. The molecular formula is C13H19NOS. The Morgan fingerprint density at radius 1 is 1.44 bits per heavy atom. The Labute approximate surface area is 102 Å². The Hall–Kier alpha value is -0.960. The zero-order valence-corrected chi connectivity index (χ0v) is 10.8. The van der Waals surface area contributed by atoms with E-state index < -0.39 is 0 Å². The van der Waals surface area contributed by atoms with Gasteiger partial charge in [-0.25, -0.2) is 0 Å². The van der Waals surface area contributed by atoms with E-state index in [1.165, 1.54) is 11.1 Å². The van der Waals surface area contributed by atoms with E-state index in [-0.39, 0.29) is 5.91 Å². The maximum Gasteiger partial charge on any atom is 0.229 e. The van der Waals surface area contributed by atoms with E-state index in [4.69, 9.17) is 0 Å². The van der Waals surface area contributed by atoms with Crippen molar-refractivity contribution in [2.75, 3.05) is 18.6 Å². The molecule has 0 bridgehead atoms. The minimum atomic E-state index is 0.112. The number of hydrogen-bond donors (Lipinski definition) is 1. The summed E-state index contributed by atoms with van der Waals surface area (Å²) in [7, 11) is 1.68. The van der Waals surface area contributed by atoms with Gasteiger partial charge in [0.15, 0.2) is 0 Å². The van der Waals surface area contributed by atoms with Crippen LogP contribution in [0.25, 0.3) is 0 Å². The minimum absolute atomic E-state index is 0.112. The fourth-order valence-electron chi connectivity index (χ4n) is 1.48. The second kappa shape index (κ2) is 7.34. The second-order valence-corrected chi connectivity index (χ2v) is 4.92. The number of carbonyl (C=O) groups excluding carboxylic acids is 1. The summed E-state index contributed by atoms with van der Waals surface area (Å²) in [5, 5.41) is 2.62. The molecule has 0 aliphatic carbocycles. The molecule has 0 fully saturated rings. The standard InChI is InChI=1S/C13H19NOS/c1-11-5-3-6-12(9-11)7-4-8-16-10-13(15)14-2/h3,5-6,9H,4,7-8,10H2,1-2H3,(H,14,15). The van der Waals surface area contributed by atoms with Gasteiger partial charge >= 0.3 is 0 Å². The normalized spacial score (nSPS) is 10.1. The van der Waals surface area contributed by atoms with Crippen LogP contribution in [0.3, 0.4) is 0 Å². The van der Waals surface area contributed by atoms with E-state index in [0.717, 1.165) is 18.6 Å². The number of thioether (sulfide) groups is 1. The molecule has 1 aromatic carbocycles. The number of carbonyl (C=O) groups is 1. The topological polar surface area (TPSA) is 29.1 Å². The van der Waals surface area contributed by atoms with Gasteiger partial charge < -0.3 is 5.32 Å². The van der Waals surface area contributed by atoms with Crippen LogP contribution in [0.1, 0.15) is 17.5 Å². The van der Waals surface area contributed by atoms with Crippen molar-refractivity contribution >= 4 is 17.7 Å². The van der Waals surface area contributed by atoms with Crippen LogP contribution in [0, 0.1) is 6.92 Å². The molecule has 88 valence electrons. The molecule has 0 aliphatic rings. The summed E-state index contributed by atoms with van der Waals surface area (Å²) in [6.45, 7) is 2.11. The molecule has 2 nitrogen and oxygen atoms in total. The number of amides is 1. The van der Waals surface area contributed by atoms with Crippen molar-refractivity contribution in [1.82, 2.24) is 5.32 Å². The summed E-state index contributed by atoms with van der Waals surface area (Å²) in [5.74, 6) is 1.73. The monoisotopic (exact) mass is 237 g/mol. The average Bonchev–Trinajstić information content (AvgIpc) is 2.28. The Morgan fingerprint density at radius 2 is 2.25 bits per heavy atom. The molecule has 0 aliphatic heterocycles. The fraction of sp³-hybridized carbons (Fsp3) is 0.462. The lowest BCUT2D eigenvalue weighted by Gasteiger charge is -2.03. The van der Waals surface area contributed by atoms with E-state index in [1.54, 1.807) is 18.8 Å². The SMILES string of the molecule is CNC(=O)CSCCCc1cccc(C)c1. The van der Waals surface area contributed by atoms with Crippen LogP contribution in [-0.2, 0) is 11.2 Å². The van der Waals surface area contributed by atoms with E-state index in [0.29, 0.717) is 5.75 Å². The van der Waals surface area contributed by atoms with Gasteiger partial charge in [0.25, 0.3) is 0 Å². The van der Waals surface area contributed by atoms with Gasteiger partial charge in [-0.1, -0.05) is 29.8 Å². The van der Waals surface area contributed by atoms with Gasteiger partial charge in [-0.15, -0.1) is 0 Å². The molecule has 1 amide bonds. The molecule has 0 radical (unpaired) electrons. The Kier molecular flexibility index (Phi) is 6.01. The molecule has 1 N–H and O–H groups in total. The largest absolute Gasteiger partial charge is 0.358 e. The number of nitrogens with one attached hydrogen (secondary N) is 1. The van der Waals surface area contributed by atoms with Crippen molar-refractivity contribution in [1.29, 1.82) is 0 Å². The predicted molar refractivity (Wildman–Crippen MR) is 70.9 cm³/mol. The zero-order chi connectivity index (χ0) is 11.8. The minimum Gasteiger partial charge on any atom is -0.358 e. The highest BCUT2D eigenvalue weighted by Crippen LogP contribution is 2.09. The lowest BCUT2D eigenvalue weighted by Crippen LogP contribution is -2.19. The lowest BCUT2D eigenvalue weighted by atomic mass is 10.1. The molecule has 0 heterocycles. The number of hydrogen-bond acceptors (Lipinski definition) is 2. The van der Waals surface area contributed by atoms with Crippen LogP contribution < -0.4 is 5.32 Å². The van der Waals surface area contributed by atoms with Crippen LogP contribution in [0.4, 0.5) is 0 Å². The van der Waals surface area contributed by atoms with Gasteiger partial charge in [0.1, 0.15) is 0 Å². The van der Waals surface area contributed by atoms with E-state index in [2.05, 4.69) is 36.5 Å². The molecule has 1 rings (SSSR count). The number of rotatable bonds is 6. The summed E-state index contributed by atoms with van der Waals surface area (Å²) in [6.07, 6.45) is 2.23. The van der Waals surface area contributed by atoms with Gasteiger partial charge in [0, 0.05) is 7.05 Å². The van der Waals surface area contributed by atoms with Crippen molar-refractivity contribution in [3.05, 3.63) is 35.4 Å². The number of aryl methyl sites for hydroxylation is 2. The Morgan fingerprint density at radius 3 is 2.94 bits per heavy atom. The van der Waals surface area contributed by atoms with Gasteiger partial charge in [-0.3, -0.25) is 4.79 Å². The van der Waals surface area contributed by atoms with Crippen LogP contribution >= 0.6 is 11.8 Å². The first-order valence-electron chi connectivity index (χ1n) is 5.56. The molecule has 0 unspecified atom stereocenters. The first kappa shape index (κ1) is 13.1. The third-order valence-corrected chi connectivity index (χ3v) is 3.39.